The van der Waals surface area contributed by atoms with Gasteiger partial charge in [-0.2, -0.15) is 18.0 Å². The molecule has 4 rings (SSSR count). The fraction of sp³-hybridized carbons (Fsp3) is 0.350. The van der Waals surface area contributed by atoms with Crippen molar-refractivity contribution in [1.29, 1.82) is 5.26 Å². The van der Waals surface area contributed by atoms with E-state index in [1.54, 1.807) is 18.1 Å². The van der Waals surface area contributed by atoms with Gasteiger partial charge in [0.05, 0.1) is 12.8 Å². The quantitative estimate of drug-likeness (QED) is 0.739. The molecule has 2 saturated heterocycles. The molecule has 2 fully saturated rings. The first-order valence-corrected chi connectivity index (χ1v) is 10.6. The van der Waals surface area contributed by atoms with Gasteiger partial charge >= 0.3 is 10.2 Å². The van der Waals surface area contributed by atoms with Crippen LogP contribution < -0.4 is 9.04 Å². The first kappa shape index (κ1) is 18.6. The van der Waals surface area contributed by atoms with Crippen molar-refractivity contribution in [3.8, 4) is 23.1 Å². The molecule has 0 bridgehead atoms. The molecule has 0 N–H and O–H groups in total. The molecular weight excluding hydrogens is 376 g/mol. The normalized spacial score (nSPS) is 21.6. The minimum atomic E-state index is -3.62. The fourth-order valence-corrected chi connectivity index (χ4v) is 5.75. The number of benzene rings is 2. The second-order valence-electron chi connectivity index (χ2n) is 6.93. The van der Waals surface area contributed by atoms with Gasteiger partial charge in [-0.3, -0.25) is 4.31 Å². The van der Waals surface area contributed by atoms with Crippen molar-refractivity contribution in [3.63, 3.8) is 0 Å². The van der Waals surface area contributed by atoms with E-state index in [0.29, 0.717) is 44.0 Å². The van der Waals surface area contributed by atoms with Crippen molar-refractivity contribution in [1.82, 2.24) is 9.21 Å². The van der Waals surface area contributed by atoms with Crippen LogP contribution >= 0.6 is 0 Å². The predicted octanol–water partition coefficient (Wildman–Crippen LogP) is 2.28. The second-order valence-corrected chi connectivity index (χ2v) is 8.74. The standard InChI is InChI=1S/C20H22N4O3S/c1-27-20-8-7-17(13-19(20)16-5-3-2-4-6-16)23-11-12-24(28(23,25)26)18-9-10-22(14-18)15-21/h2-8,13,18H,9-12,14H2,1H3. The Bertz CT molecular complexity index is 1000. The Morgan fingerprint density at radius 2 is 1.89 bits per heavy atom. The molecule has 2 aromatic rings. The van der Waals surface area contributed by atoms with Crippen molar-refractivity contribution >= 4 is 15.9 Å². The smallest absolute Gasteiger partial charge is 0.304 e. The van der Waals surface area contributed by atoms with E-state index in [0.717, 1.165) is 11.1 Å². The van der Waals surface area contributed by atoms with Crippen molar-refractivity contribution in [3.05, 3.63) is 48.5 Å². The van der Waals surface area contributed by atoms with Crippen LogP contribution in [0, 0.1) is 11.5 Å². The minimum Gasteiger partial charge on any atom is -0.496 e. The molecule has 146 valence electrons. The van der Waals surface area contributed by atoms with E-state index in [9.17, 15) is 8.42 Å². The molecular formula is C20H22N4O3S. The van der Waals surface area contributed by atoms with Crippen molar-refractivity contribution in [2.45, 2.75) is 12.5 Å². The zero-order valence-corrected chi connectivity index (χ0v) is 16.5. The number of hydrogen-bond acceptors (Lipinski definition) is 5. The summed E-state index contributed by atoms with van der Waals surface area (Å²) in [7, 11) is -2.02. The third-order valence-electron chi connectivity index (χ3n) is 5.37. The van der Waals surface area contributed by atoms with E-state index in [-0.39, 0.29) is 6.04 Å². The summed E-state index contributed by atoms with van der Waals surface area (Å²) in [4.78, 5) is 1.61. The highest BCUT2D eigenvalue weighted by Gasteiger charge is 2.43. The predicted molar refractivity (Wildman–Crippen MR) is 107 cm³/mol. The largest absolute Gasteiger partial charge is 0.496 e. The highest BCUT2D eigenvalue weighted by Crippen LogP contribution is 2.36. The lowest BCUT2D eigenvalue weighted by Crippen LogP contribution is -2.41. The molecule has 2 aliphatic rings. The van der Waals surface area contributed by atoms with Crippen molar-refractivity contribution in [2.24, 2.45) is 0 Å². The summed E-state index contributed by atoms with van der Waals surface area (Å²) < 4.78 is 34.9. The van der Waals surface area contributed by atoms with Crippen LogP contribution in [0.15, 0.2) is 48.5 Å². The van der Waals surface area contributed by atoms with Crippen LogP contribution in [-0.2, 0) is 10.2 Å². The van der Waals surface area contributed by atoms with E-state index in [4.69, 9.17) is 10.00 Å². The Balaban J connectivity index is 1.66. The molecule has 0 radical (unpaired) electrons. The maximum Gasteiger partial charge on any atom is 0.304 e. The maximum atomic E-state index is 13.2. The number of nitrogens with zero attached hydrogens (tertiary/aromatic N) is 4. The lowest BCUT2D eigenvalue weighted by molar-refractivity contribution is 0.345. The molecule has 8 heteroatoms. The third-order valence-corrected chi connectivity index (χ3v) is 7.39. The first-order chi connectivity index (χ1) is 13.5. The average molecular weight is 398 g/mol. The van der Waals surface area contributed by atoms with E-state index in [1.165, 1.54) is 8.61 Å². The van der Waals surface area contributed by atoms with E-state index < -0.39 is 10.2 Å². The summed E-state index contributed by atoms with van der Waals surface area (Å²) in [5.41, 5.74) is 2.44. The number of nitriles is 1. The van der Waals surface area contributed by atoms with Gasteiger partial charge in [0.15, 0.2) is 6.19 Å². The van der Waals surface area contributed by atoms with Crippen LogP contribution in [0.25, 0.3) is 11.1 Å². The SMILES string of the molecule is COc1ccc(N2CCN(C3CCN(C#N)C3)S2(=O)=O)cc1-c1ccccc1. The van der Waals surface area contributed by atoms with Crippen LogP contribution in [0.2, 0.25) is 0 Å². The summed E-state index contributed by atoms with van der Waals surface area (Å²) in [5.74, 6) is 0.698. The average Bonchev–Trinajstić information content (AvgIpc) is 3.31. The number of methoxy groups -OCH3 is 1. The number of hydrogen-bond donors (Lipinski definition) is 0. The Kier molecular flexibility index (Phi) is 4.87. The van der Waals surface area contributed by atoms with Gasteiger partial charge in [0.1, 0.15) is 5.75 Å². The van der Waals surface area contributed by atoms with E-state index in [2.05, 4.69) is 6.19 Å². The van der Waals surface area contributed by atoms with Gasteiger partial charge in [0.25, 0.3) is 0 Å². The zero-order chi connectivity index (χ0) is 19.7. The summed E-state index contributed by atoms with van der Waals surface area (Å²) in [6.07, 6.45) is 2.79. The summed E-state index contributed by atoms with van der Waals surface area (Å²) >= 11 is 0. The Labute approximate surface area is 165 Å². The molecule has 7 nitrogen and oxygen atoms in total. The molecule has 0 aromatic heterocycles. The van der Waals surface area contributed by atoms with Gasteiger partial charge < -0.3 is 9.64 Å². The van der Waals surface area contributed by atoms with Gasteiger partial charge in [-0.05, 0) is 30.2 Å². The van der Waals surface area contributed by atoms with Crippen LogP contribution in [0.3, 0.4) is 0 Å². The number of anilines is 1. The number of rotatable bonds is 4. The molecule has 28 heavy (non-hydrogen) atoms. The molecule has 0 aliphatic carbocycles. The zero-order valence-electron chi connectivity index (χ0n) is 15.7. The van der Waals surface area contributed by atoms with Crippen LogP contribution in [0.4, 0.5) is 5.69 Å². The molecule has 2 aliphatic heterocycles. The number of ether oxygens (including phenoxy) is 1. The van der Waals surface area contributed by atoms with Crippen molar-refractivity contribution in [2.75, 3.05) is 37.6 Å². The Morgan fingerprint density at radius 3 is 2.57 bits per heavy atom. The Hall–Kier alpha value is -2.76. The summed E-state index contributed by atoms with van der Waals surface area (Å²) in [6, 6.07) is 15.1. The molecule has 1 atom stereocenters. The monoisotopic (exact) mass is 398 g/mol. The highest BCUT2D eigenvalue weighted by atomic mass is 32.2. The molecule has 0 spiro atoms. The molecule has 2 heterocycles. The Morgan fingerprint density at radius 1 is 1.11 bits per heavy atom. The van der Waals surface area contributed by atoms with Crippen molar-refractivity contribution < 1.29 is 13.2 Å². The lowest BCUT2D eigenvalue weighted by atomic mass is 10.0. The lowest BCUT2D eigenvalue weighted by Gasteiger charge is -2.24. The maximum absolute atomic E-state index is 13.2. The summed E-state index contributed by atoms with van der Waals surface area (Å²) in [6.45, 7) is 1.89. The van der Waals surface area contributed by atoms with E-state index in [1.807, 2.05) is 42.5 Å². The van der Waals surface area contributed by atoms with Gasteiger partial charge in [-0.25, -0.2) is 0 Å². The molecule has 2 aromatic carbocycles. The number of likely N-dealkylation sites (tertiary alicyclic amines) is 1. The second kappa shape index (κ2) is 7.34. The molecule has 0 saturated carbocycles. The first-order valence-electron chi connectivity index (χ1n) is 9.22. The highest BCUT2D eigenvalue weighted by molar-refractivity contribution is 7.90. The molecule has 0 amide bonds. The van der Waals surface area contributed by atoms with Gasteiger partial charge in [0, 0.05) is 37.8 Å². The fourth-order valence-electron chi connectivity index (χ4n) is 3.94. The van der Waals surface area contributed by atoms with Crippen LogP contribution in [-0.4, -0.2) is 57.0 Å². The van der Waals surface area contributed by atoms with Gasteiger partial charge in [-0.15, -0.1) is 0 Å². The topological polar surface area (TPSA) is 76.9 Å². The van der Waals surface area contributed by atoms with Crippen LogP contribution in [0.1, 0.15) is 6.42 Å². The van der Waals surface area contributed by atoms with Gasteiger partial charge in [0.2, 0.25) is 0 Å². The van der Waals surface area contributed by atoms with E-state index >= 15 is 0 Å². The molecule has 1 unspecified atom stereocenters. The van der Waals surface area contributed by atoms with Gasteiger partial charge in [-0.1, -0.05) is 30.3 Å². The minimum absolute atomic E-state index is 0.151. The third kappa shape index (κ3) is 3.17. The summed E-state index contributed by atoms with van der Waals surface area (Å²) in [5, 5.41) is 9.06. The van der Waals surface area contributed by atoms with Crippen LogP contribution in [0.5, 0.6) is 5.75 Å².